The van der Waals surface area contributed by atoms with E-state index in [1.165, 1.54) is 32.0 Å². The van der Waals surface area contributed by atoms with Crippen molar-refractivity contribution >= 4 is 29.5 Å². The van der Waals surface area contributed by atoms with Gasteiger partial charge in [-0.05, 0) is 23.8 Å². The number of amides is 3. The van der Waals surface area contributed by atoms with Gasteiger partial charge in [-0.3, -0.25) is 19.7 Å². The zero-order valence-corrected chi connectivity index (χ0v) is 19.1. The average Bonchev–Trinajstić information content (AvgIpc) is 2.83. The van der Waals surface area contributed by atoms with E-state index < -0.39 is 29.5 Å². The molecule has 11 heteroatoms. The molecule has 3 amide bonds. The number of nitrogens with two attached hydrogens (primary N) is 1. The second-order valence-electron chi connectivity index (χ2n) is 7.18. The van der Waals surface area contributed by atoms with Crippen molar-refractivity contribution in [2.24, 2.45) is 5.73 Å². The summed E-state index contributed by atoms with van der Waals surface area (Å²) in [7, 11) is 2.96. The summed E-state index contributed by atoms with van der Waals surface area (Å²) in [5, 5.41) is 11.2. The van der Waals surface area contributed by atoms with E-state index in [2.05, 4.69) is 21.3 Å². The van der Waals surface area contributed by atoms with E-state index in [1.807, 2.05) is 30.3 Å². The fourth-order valence-electron chi connectivity index (χ4n) is 3.15. The highest BCUT2D eigenvalue weighted by molar-refractivity contribution is 8.00. The third-order valence-corrected chi connectivity index (χ3v) is 5.92. The molecule has 2 aromatic rings. The lowest BCUT2D eigenvalue weighted by molar-refractivity contribution is -0.126. The van der Waals surface area contributed by atoms with Crippen molar-refractivity contribution < 1.29 is 23.9 Å². The van der Waals surface area contributed by atoms with Gasteiger partial charge in [0.25, 0.3) is 5.91 Å². The van der Waals surface area contributed by atoms with Crippen LogP contribution in [0.25, 0.3) is 0 Å². The Labute approximate surface area is 196 Å². The van der Waals surface area contributed by atoms with Crippen LogP contribution in [0.3, 0.4) is 0 Å². The van der Waals surface area contributed by atoms with E-state index in [4.69, 9.17) is 15.2 Å². The molecule has 10 nitrogen and oxygen atoms in total. The Balaban J connectivity index is 1.49. The van der Waals surface area contributed by atoms with E-state index in [-0.39, 0.29) is 11.7 Å². The maximum atomic E-state index is 12.6. The number of rotatable bonds is 9. The minimum absolute atomic E-state index is 0.125. The molecular weight excluding hydrogens is 446 g/mol. The van der Waals surface area contributed by atoms with Gasteiger partial charge in [0.1, 0.15) is 11.5 Å². The van der Waals surface area contributed by atoms with Crippen LogP contribution in [0.5, 0.6) is 11.5 Å². The summed E-state index contributed by atoms with van der Waals surface area (Å²) >= 11 is 1.20. The number of nitrogens with one attached hydrogen (secondary N) is 4. The van der Waals surface area contributed by atoms with Crippen molar-refractivity contribution in [3.8, 4) is 11.5 Å². The maximum Gasteiger partial charge on any atom is 0.252 e. The van der Waals surface area contributed by atoms with Crippen LogP contribution < -0.4 is 36.5 Å². The lowest BCUT2D eigenvalue weighted by atomic mass is 10.1. The summed E-state index contributed by atoms with van der Waals surface area (Å²) in [6.07, 6.45) is -0.840. The van der Waals surface area contributed by atoms with Crippen LogP contribution in [-0.4, -0.2) is 55.4 Å². The third kappa shape index (κ3) is 6.60. The summed E-state index contributed by atoms with van der Waals surface area (Å²) in [5.41, 5.74) is 6.80. The quantitative estimate of drug-likeness (QED) is 0.346. The highest BCUT2D eigenvalue weighted by atomic mass is 32.2. The Hall–Kier alpha value is -3.28. The van der Waals surface area contributed by atoms with E-state index in [0.29, 0.717) is 23.6 Å². The van der Waals surface area contributed by atoms with Gasteiger partial charge in [0.05, 0.1) is 26.1 Å². The van der Waals surface area contributed by atoms with E-state index in [0.717, 1.165) is 5.56 Å². The van der Waals surface area contributed by atoms with Crippen LogP contribution in [-0.2, 0) is 16.1 Å². The Kier molecular flexibility index (Phi) is 8.52. The largest absolute Gasteiger partial charge is 0.493 e. The van der Waals surface area contributed by atoms with Gasteiger partial charge in [-0.1, -0.05) is 30.3 Å². The number of ether oxygens (including phenoxy) is 2. The van der Waals surface area contributed by atoms with Crippen molar-refractivity contribution in [3.05, 3.63) is 59.7 Å². The SMILES string of the molecule is COc1ccc(C(=O)NC2C(=O)NC(SCC(=O)NCc3ccccc3)NC2N)cc1OC. The zero-order chi connectivity index (χ0) is 23.8. The third-order valence-electron chi connectivity index (χ3n) is 4.90. The van der Waals surface area contributed by atoms with Gasteiger partial charge in [0.2, 0.25) is 11.8 Å². The smallest absolute Gasteiger partial charge is 0.252 e. The van der Waals surface area contributed by atoms with Crippen molar-refractivity contribution in [3.63, 3.8) is 0 Å². The van der Waals surface area contributed by atoms with Gasteiger partial charge in [0, 0.05) is 12.1 Å². The summed E-state index contributed by atoms with van der Waals surface area (Å²) in [4.78, 5) is 37.3. The fourth-order valence-corrected chi connectivity index (χ4v) is 4.02. The Bertz CT molecular complexity index is 990. The molecule has 1 aliphatic heterocycles. The molecule has 0 aliphatic carbocycles. The molecule has 33 heavy (non-hydrogen) atoms. The van der Waals surface area contributed by atoms with Crippen molar-refractivity contribution in [1.29, 1.82) is 0 Å². The van der Waals surface area contributed by atoms with Gasteiger partial charge in [-0.15, -0.1) is 11.8 Å². The molecule has 176 valence electrons. The average molecular weight is 474 g/mol. The molecular formula is C22H27N5O5S. The first-order valence-electron chi connectivity index (χ1n) is 10.2. The van der Waals surface area contributed by atoms with E-state index in [1.54, 1.807) is 12.1 Å². The van der Waals surface area contributed by atoms with E-state index >= 15 is 0 Å². The number of hydrogen-bond acceptors (Lipinski definition) is 8. The highest BCUT2D eigenvalue weighted by Gasteiger charge is 2.35. The summed E-state index contributed by atoms with van der Waals surface area (Å²) in [6.45, 7) is 0.425. The molecule has 2 aromatic carbocycles. The molecule has 1 fully saturated rings. The fraction of sp³-hybridized carbons (Fsp3) is 0.318. The summed E-state index contributed by atoms with van der Waals surface area (Å²) in [6, 6.07) is 13.2. The second-order valence-corrected chi connectivity index (χ2v) is 8.27. The molecule has 0 spiro atoms. The van der Waals surface area contributed by atoms with Crippen LogP contribution in [0.15, 0.2) is 48.5 Å². The second kappa shape index (κ2) is 11.5. The van der Waals surface area contributed by atoms with Gasteiger partial charge < -0.3 is 31.2 Å². The Morgan fingerprint density at radius 2 is 1.82 bits per heavy atom. The van der Waals surface area contributed by atoms with Crippen LogP contribution in [0, 0.1) is 0 Å². The predicted octanol–water partition coefficient (Wildman–Crippen LogP) is 0.140. The first-order chi connectivity index (χ1) is 15.9. The molecule has 1 heterocycles. The van der Waals surface area contributed by atoms with E-state index in [9.17, 15) is 14.4 Å². The molecule has 0 aromatic heterocycles. The van der Waals surface area contributed by atoms with Gasteiger partial charge in [-0.25, -0.2) is 0 Å². The van der Waals surface area contributed by atoms with Crippen LogP contribution >= 0.6 is 11.8 Å². The molecule has 3 unspecified atom stereocenters. The van der Waals surface area contributed by atoms with Gasteiger partial charge >= 0.3 is 0 Å². The van der Waals surface area contributed by atoms with Crippen LogP contribution in [0.1, 0.15) is 15.9 Å². The van der Waals surface area contributed by atoms with Crippen LogP contribution in [0.4, 0.5) is 0 Å². The number of hydrogen-bond donors (Lipinski definition) is 5. The number of carbonyl (C=O) groups is 3. The number of thioether (sulfide) groups is 1. The molecule has 1 aliphatic rings. The highest BCUT2D eigenvalue weighted by Crippen LogP contribution is 2.27. The Morgan fingerprint density at radius 1 is 1.09 bits per heavy atom. The number of methoxy groups -OCH3 is 2. The monoisotopic (exact) mass is 473 g/mol. The number of carbonyl (C=O) groups excluding carboxylic acids is 3. The van der Waals surface area contributed by atoms with Gasteiger partial charge in [0.15, 0.2) is 11.5 Å². The minimum atomic E-state index is -0.991. The van der Waals surface area contributed by atoms with Crippen molar-refractivity contribution in [2.75, 3.05) is 20.0 Å². The molecule has 1 saturated heterocycles. The molecule has 3 atom stereocenters. The molecule has 6 N–H and O–H groups in total. The van der Waals surface area contributed by atoms with Crippen molar-refractivity contribution in [1.82, 2.24) is 21.3 Å². The maximum absolute atomic E-state index is 12.6. The molecule has 3 rings (SSSR count). The number of benzene rings is 2. The molecule has 0 saturated carbocycles. The minimum Gasteiger partial charge on any atom is -0.493 e. The lowest BCUT2D eigenvalue weighted by Crippen LogP contribution is -2.70. The standard InChI is InChI=1S/C22H27N5O5S/c1-31-15-9-8-14(10-16(15)32-2)20(29)25-18-19(23)26-22(27-21(18)30)33-12-17(28)24-11-13-6-4-3-5-7-13/h3-10,18-19,22,26H,11-12,23H2,1-2H3,(H,24,28)(H,25,29)(H,27,30). The summed E-state index contributed by atoms with van der Waals surface area (Å²) in [5.74, 6) is -0.104. The topological polar surface area (TPSA) is 144 Å². The lowest BCUT2D eigenvalue weighted by Gasteiger charge is -2.35. The zero-order valence-electron chi connectivity index (χ0n) is 18.3. The molecule has 0 radical (unpaired) electrons. The molecule has 0 bridgehead atoms. The Morgan fingerprint density at radius 3 is 2.48 bits per heavy atom. The van der Waals surface area contributed by atoms with Gasteiger partial charge in [-0.2, -0.15) is 0 Å². The normalized spacial score (nSPS) is 19.8. The van der Waals surface area contributed by atoms with Crippen LogP contribution in [0.2, 0.25) is 0 Å². The first-order valence-corrected chi connectivity index (χ1v) is 11.2. The van der Waals surface area contributed by atoms with Crippen molar-refractivity contribution in [2.45, 2.75) is 24.3 Å². The first kappa shape index (κ1) is 24.4. The summed E-state index contributed by atoms with van der Waals surface area (Å²) < 4.78 is 10.4. The predicted molar refractivity (Wildman–Crippen MR) is 125 cm³/mol.